The molecule has 0 spiro atoms. The van der Waals surface area contributed by atoms with Gasteiger partial charge in [-0.2, -0.15) is 0 Å². The smallest absolute Gasteiger partial charge is 0.339 e. The van der Waals surface area contributed by atoms with E-state index in [4.69, 9.17) is 4.74 Å². The number of esters is 1. The van der Waals surface area contributed by atoms with Crippen molar-refractivity contribution in [3.8, 4) is 0 Å². The predicted octanol–water partition coefficient (Wildman–Crippen LogP) is 5.72. The molecule has 162 valence electrons. The van der Waals surface area contributed by atoms with E-state index < -0.39 is 12.1 Å². The van der Waals surface area contributed by atoms with Crippen molar-refractivity contribution < 1.29 is 19.1 Å². The van der Waals surface area contributed by atoms with E-state index in [1.807, 2.05) is 18.2 Å². The van der Waals surface area contributed by atoms with E-state index in [1.54, 1.807) is 91.0 Å². The monoisotopic (exact) mass is 435 g/mol. The quantitative estimate of drug-likeness (QED) is 0.298. The Bertz CT molecular complexity index is 1250. The first-order chi connectivity index (χ1) is 16.1. The van der Waals surface area contributed by atoms with Crippen LogP contribution in [0.4, 0.5) is 5.69 Å². The molecule has 4 aromatic rings. The van der Waals surface area contributed by atoms with Crippen molar-refractivity contribution >= 4 is 23.3 Å². The fourth-order valence-electron chi connectivity index (χ4n) is 3.35. The van der Waals surface area contributed by atoms with Gasteiger partial charge < -0.3 is 10.1 Å². The molecule has 0 saturated heterocycles. The number of ketones is 1. The highest BCUT2D eigenvalue weighted by Crippen LogP contribution is 2.25. The SMILES string of the molecule is O=C(Nc1cccc(C(=O)O[C@H](C(=O)c2ccccc2)c2ccccc2)c1)c1ccccc1. The lowest BCUT2D eigenvalue weighted by atomic mass is 9.99. The van der Waals surface area contributed by atoms with Gasteiger partial charge in [-0.25, -0.2) is 4.79 Å². The molecular weight excluding hydrogens is 414 g/mol. The summed E-state index contributed by atoms with van der Waals surface area (Å²) in [5.74, 6) is -1.27. The fraction of sp³-hybridized carbons (Fsp3) is 0.0357. The minimum Gasteiger partial charge on any atom is -0.445 e. The molecule has 0 unspecified atom stereocenters. The molecule has 4 aromatic carbocycles. The summed E-state index contributed by atoms with van der Waals surface area (Å²) in [5.41, 5.74) is 2.20. The maximum absolute atomic E-state index is 13.1. The fourth-order valence-corrected chi connectivity index (χ4v) is 3.35. The largest absolute Gasteiger partial charge is 0.445 e. The summed E-state index contributed by atoms with van der Waals surface area (Å²) in [6, 6.07) is 32.8. The topological polar surface area (TPSA) is 72.5 Å². The zero-order valence-electron chi connectivity index (χ0n) is 17.7. The van der Waals surface area contributed by atoms with Gasteiger partial charge in [0.15, 0.2) is 6.10 Å². The number of amides is 1. The minimum atomic E-state index is -1.09. The third kappa shape index (κ3) is 5.40. The first-order valence-corrected chi connectivity index (χ1v) is 10.4. The highest BCUT2D eigenvalue weighted by molar-refractivity contribution is 6.05. The van der Waals surface area contributed by atoms with Gasteiger partial charge in [-0.3, -0.25) is 9.59 Å². The molecule has 0 bridgehead atoms. The number of carbonyl (C=O) groups excluding carboxylic acids is 3. The zero-order chi connectivity index (χ0) is 23.0. The summed E-state index contributed by atoms with van der Waals surface area (Å²) in [6.07, 6.45) is -1.09. The molecule has 0 aliphatic carbocycles. The average Bonchev–Trinajstić information content (AvgIpc) is 2.88. The molecule has 1 atom stereocenters. The van der Waals surface area contributed by atoms with Crippen molar-refractivity contribution in [2.45, 2.75) is 6.10 Å². The van der Waals surface area contributed by atoms with Gasteiger partial charge in [0.2, 0.25) is 5.78 Å². The molecule has 0 radical (unpaired) electrons. The Kier molecular flexibility index (Phi) is 6.71. The first-order valence-electron chi connectivity index (χ1n) is 10.4. The van der Waals surface area contributed by atoms with Crippen LogP contribution in [0, 0.1) is 0 Å². The molecule has 0 saturated carbocycles. The first kappa shape index (κ1) is 21.7. The second-order valence-electron chi connectivity index (χ2n) is 7.33. The number of hydrogen-bond donors (Lipinski definition) is 1. The molecule has 5 heteroatoms. The molecule has 1 N–H and O–H groups in total. The van der Waals surface area contributed by atoms with Crippen LogP contribution in [0.2, 0.25) is 0 Å². The van der Waals surface area contributed by atoms with E-state index in [-0.39, 0.29) is 17.3 Å². The lowest BCUT2D eigenvalue weighted by Gasteiger charge is -2.18. The Balaban J connectivity index is 1.55. The normalized spacial score (nSPS) is 11.3. The standard InChI is InChI=1S/C28H21NO4/c30-25(20-11-4-1-5-12-20)26(21-13-6-2-7-14-21)33-28(32)23-17-10-18-24(19-23)29-27(31)22-15-8-3-9-16-22/h1-19,26H,(H,29,31)/t26-/m0/s1. The van der Waals surface area contributed by atoms with E-state index in [2.05, 4.69) is 5.32 Å². The Labute approximate surface area is 191 Å². The molecule has 0 aliphatic rings. The summed E-state index contributed by atoms with van der Waals surface area (Å²) >= 11 is 0. The van der Waals surface area contributed by atoms with E-state index >= 15 is 0 Å². The Hall–Kier alpha value is -4.51. The highest BCUT2D eigenvalue weighted by Gasteiger charge is 2.26. The van der Waals surface area contributed by atoms with E-state index in [0.29, 0.717) is 22.4 Å². The third-order valence-electron chi connectivity index (χ3n) is 5.02. The van der Waals surface area contributed by atoms with Gasteiger partial charge in [0.05, 0.1) is 5.56 Å². The highest BCUT2D eigenvalue weighted by atomic mass is 16.5. The van der Waals surface area contributed by atoms with Gasteiger partial charge >= 0.3 is 5.97 Å². The molecule has 0 aliphatic heterocycles. The number of anilines is 1. The van der Waals surface area contributed by atoms with Crippen LogP contribution in [0.1, 0.15) is 42.7 Å². The molecule has 33 heavy (non-hydrogen) atoms. The summed E-state index contributed by atoms with van der Waals surface area (Å²) in [4.78, 5) is 38.6. The Morgan fingerprint density at radius 2 is 1.15 bits per heavy atom. The summed E-state index contributed by atoms with van der Waals surface area (Å²) < 4.78 is 5.68. The maximum atomic E-state index is 13.1. The van der Waals surface area contributed by atoms with Gasteiger partial charge in [-0.05, 0) is 30.3 Å². The van der Waals surface area contributed by atoms with Crippen molar-refractivity contribution in [3.05, 3.63) is 138 Å². The number of Topliss-reactive ketones (excluding diaryl/α,β-unsaturated/α-hetero) is 1. The molecule has 1 amide bonds. The van der Waals surface area contributed by atoms with Crippen LogP contribution < -0.4 is 5.32 Å². The number of ether oxygens (including phenoxy) is 1. The van der Waals surface area contributed by atoms with Crippen LogP contribution in [-0.2, 0) is 4.74 Å². The third-order valence-corrected chi connectivity index (χ3v) is 5.02. The Morgan fingerprint density at radius 3 is 1.79 bits per heavy atom. The van der Waals surface area contributed by atoms with E-state index in [1.165, 1.54) is 6.07 Å². The van der Waals surface area contributed by atoms with Crippen molar-refractivity contribution in [1.82, 2.24) is 0 Å². The number of carbonyl (C=O) groups is 3. The molecule has 5 nitrogen and oxygen atoms in total. The van der Waals surface area contributed by atoms with Gasteiger partial charge in [-0.15, -0.1) is 0 Å². The Morgan fingerprint density at radius 1 is 0.606 bits per heavy atom. The van der Waals surface area contributed by atoms with Crippen molar-refractivity contribution in [1.29, 1.82) is 0 Å². The van der Waals surface area contributed by atoms with Gasteiger partial charge in [0.25, 0.3) is 5.91 Å². The summed E-state index contributed by atoms with van der Waals surface area (Å²) in [6.45, 7) is 0. The molecular formula is C28H21NO4. The molecule has 0 aromatic heterocycles. The second-order valence-corrected chi connectivity index (χ2v) is 7.33. The van der Waals surface area contributed by atoms with Crippen LogP contribution in [0.25, 0.3) is 0 Å². The number of rotatable bonds is 7. The van der Waals surface area contributed by atoms with Gasteiger partial charge in [-0.1, -0.05) is 84.9 Å². The van der Waals surface area contributed by atoms with Crippen molar-refractivity contribution in [3.63, 3.8) is 0 Å². The van der Waals surface area contributed by atoms with Crippen LogP contribution in [0.3, 0.4) is 0 Å². The van der Waals surface area contributed by atoms with Crippen molar-refractivity contribution in [2.75, 3.05) is 5.32 Å². The summed E-state index contributed by atoms with van der Waals surface area (Å²) in [5, 5.41) is 2.77. The van der Waals surface area contributed by atoms with E-state index in [0.717, 1.165) is 0 Å². The van der Waals surface area contributed by atoms with Gasteiger partial charge in [0.1, 0.15) is 0 Å². The van der Waals surface area contributed by atoms with Crippen LogP contribution in [0.5, 0.6) is 0 Å². The van der Waals surface area contributed by atoms with Crippen molar-refractivity contribution in [2.24, 2.45) is 0 Å². The predicted molar refractivity (Wildman–Crippen MR) is 126 cm³/mol. The number of nitrogens with one attached hydrogen (secondary N) is 1. The average molecular weight is 435 g/mol. The van der Waals surface area contributed by atoms with E-state index in [9.17, 15) is 14.4 Å². The van der Waals surface area contributed by atoms with Crippen LogP contribution in [-0.4, -0.2) is 17.7 Å². The molecule has 0 heterocycles. The lowest BCUT2D eigenvalue weighted by molar-refractivity contribution is 0.0280. The summed E-state index contributed by atoms with van der Waals surface area (Å²) in [7, 11) is 0. The van der Waals surface area contributed by atoms with Gasteiger partial charge in [0, 0.05) is 22.4 Å². The molecule has 0 fully saturated rings. The molecule has 4 rings (SSSR count). The zero-order valence-corrected chi connectivity index (χ0v) is 17.7. The van der Waals surface area contributed by atoms with Crippen LogP contribution >= 0.6 is 0 Å². The minimum absolute atomic E-state index is 0.225. The number of hydrogen-bond acceptors (Lipinski definition) is 4. The lowest BCUT2D eigenvalue weighted by Crippen LogP contribution is -2.20. The maximum Gasteiger partial charge on any atom is 0.339 e. The number of benzene rings is 4. The second kappa shape index (κ2) is 10.2. The van der Waals surface area contributed by atoms with Crippen LogP contribution in [0.15, 0.2) is 115 Å².